The molecular formula is C22H24N2O3. The van der Waals surface area contributed by atoms with E-state index in [-0.39, 0.29) is 5.91 Å². The number of rotatable bonds is 3. The Morgan fingerprint density at radius 2 is 1.78 bits per heavy atom. The van der Waals surface area contributed by atoms with Crippen LogP contribution in [0.5, 0.6) is 5.75 Å². The second-order valence-electron chi connectivity index (χ2n) is 7.51. The van der Waals surface area contributed by atoms with Crippen molar-refractivity contribution >= 4 is 17.5 Å². The van der Waals surface area contributed by atoms with Crippen LogP contribution in [0.3, 0.4) is 0 Å². The summed E-state index contributed by atoms with van der Waals surface area (Å²) in [6.07, 6.45) is 2.91. The number of piperidine rings is 1. The lowest BCUT2D eigenvalue weighted by Crippen LogP contribution is -2.60. The van der Waals surface area contributed by atoms with Gasteiger partial charge < -0.3 is 15.0 Å². The first-order valence-corrected chi connectivity index (χ1v) is 9.49. The lowest BCUT2D eigenvalue weighted by molar-refractivity contribution is -0.155. The van der Waals surface area contributed by atoms with Crippen LogP contribution in [-0.4, -0.2) is 35.4 Å². The zero-order valence-electron chi connectivity index (χ0n) is 15.5. The number of likely N-dealkylation sites (tertiary alicyclic amines) is 1. The van der Waals surface area contributed by atoms with Crippen LogP contribution in [-0.2, 0) is 16.0 Å². The molecule has 2 aliphatic rings. The summed E-state index contributed by atoms with van der Waals surface area (Å²) in [5.41, 5.74) is 0.427. The number of anilines is 1. The molecule has 5 nitrogen and oxygen atoms in total. The van der Waals surface area contributed by atoms with Crippen molar-refractivity contribution in [3.05, 3.63) is 60.2 Å². The summed E-state index contributed by atoms with van der Waals surface area (Å²) < 4.78 is 5.87. The van der Waals surface area contributed by atoms with Crippen molar-refractivity contribution in [1.82, 2.24) is 4.90 Å². The van der Waals surface area contributed by atoms with Crippen LogP contribution in [0.25, 0.3) is 0 Å². The standard InChI is InChI=1S/C22H24N2O3/c1-22(20(25)23-18-9-5-6-10-19(18)27-22)21(26)24-13-11-17(12-14-24)15-16-7-3-2-4-8-16/h2-10,17H,11-15H2,1H3,(H,23,25). The van der Waals surface area contributed by atoms with Gasteiger partial charge in [0.25, 0.3) is 17.4 Å². The summed E-state index contributed by atoms with van der Waals surface area (Å²) in [6, 6.07) is 17.6. The molecule has 1 saturated heterocycles. The normalized spacial score (nSPS) is 22.6. The Bertz CT molecular complexity index is 844. The Morgan fingerprint density at radius 1 is 1.11 bits per heavy atom. The second kappa shape index (κ2) is 7.06. The van der Waals surface area contributed by atoms with Gasteiger partial charge in [0.1, 0.15) is 5.75 Å². The van der Waals surface area contributed by atoms with Crippen molar-refractivity contribution in [3.8, 4) is 5.75 Å². The Kier molecular flexibility index (Phi) is 4.60. The minimum Gasteiger partial charge on any atom is -0.466 e. The molecule has 0 bridgehead atoms. The van der Waals surface area contributed by atoms with Gasteiger partial charge in [-0.15, -0.1) is 0 Å². The maximum Gasteiger partial charge on any atom is 0.278 e. The number of carbonyl (C=O) groups excluding carboxylic acids is 2. The summed E-state index contributed by atoms with van der Waals surface area (Å²) in [6.45, 7) is 2.88. The number of nitrogens with one attached hydrogen (secondary N) is 1. The number of para-hydroxylation sites is 2. The van der Waals surface area contributed by atoms with E-state index in [4.69, 9.17) is 4.74 Å². The molecule has 1 fully saturated rings. The van der Waals surface area contributed by atoms with Crippen molar-refractivity contribution in [2.45, 2.75) is 31.8 Å². The minimum atomic E-state index is -1.51. The molecule has 0 saturated carbocycles. The summed E-state index contributed by atoms with van der Waals surface area (Å²) in [4.78, 5) is 27.5. The van der Waals surface area contributed by atoms with E-state index in [2.05, 4.69) is 29.6 Å². The molecule has 0 spiro atoms. The first-order chi connectivity index (χ1) is 13.1. The average Bonchev–Trinajstić information content (AvgIpc) is 2.70. The van der Waals surface area contributed by atoms with E-state index in [0.29, 0.717) is 30.4 Å². The monoisotopic (exact) mass is 364 g/mol. The second-order valence-corrected chi connectivity index (χ2v) is 7.51. The maximum absolute atomic E-state index is 13.1. The van der Waals surface area contributed by atoms with Crippen LogP contribution in [0.15, 0.2) is 54.6 Å². The SMILES string of the molecule is CC1(C(=O)N2CCC(Cc3ccccc3)CC2)Oc2ccccc2NC1=O. The largest absolute Gasteiger partial charge is 0.466 e. The topological polar surface area (TPSA) is 58.6 Å². The summed E-state index contributed by atoms with van der Waals surface area (Å²) in [7, 11) is 0. The third-order valence-electron chi connectivity index (χ3n) is 5.56. The van der Waals surface area contributed by atoms with Gasteiger partial charge in [-0.2, -0.15) is 0 Å². The molecule has 2 aliphatic heterocycles. The van der Waals surface area contributed by atoms with Crippen LogP contribution in [0, 0.1) is 5.92 Å². The molecule has 2 amide bonds. The van der Waals surface area contributed by atoms with Crippen molar-refractivity contribution in [1.29, 1.82) is 0 Å². The van der Waals surface area contributed by atoms with Gasteiger partial charge in [-0.05, 0) is 49.8 Å². The maximum atomic E-state index is 13.1. The zero-order chi connectivity index (χ0) is 18.9. The Morgan fingerprint density at radius 3 is 2.52 bits per heavy atom. The summed E-state index contributed by atoms with van der Waals surface area (Å²) >= 11 is 0. The van der Waals surface area contributed by atoms with Crippen LogP contribution in [0.1, 0.15) is 25.3 Å². The van der Waals surface area contributed by atoms with Crippen molar-refractivity contribution in [2.75, 3.05) is 18.4 Å². The van der Waals surface area contributed by atoms with E-state index in [1.807, 2.05) is 18.2 Å². The quantitative estimate of drug-likeness (QED) is 0.851. The van der Waals surface area contributed by atoms with E-state index in [1.54, 1.807) is 24.0 Å². The Balaban J connectivity index is 1.41. The molecule has 0 aliphatic carbocycles. The average molecular weight is 364 g/mol. The Hall–Kier alpha value is -2.82. The number of carbonyl (C=O) groups is 2. The molecule has 1 N–H and O–H groups in total. The van der Waals surface area contributed by atoms with Crippen LogP contribution < -0.4 is 10.1 Å². The van der Waals surface area contributed by atoms with Crippen LogP contribution in [0.2, 0.25) is 0 Å². The fourth-order valence-electron chi connectivity index (χ4n) is 3.90. The molecule has 1 unspecified atom stereocenters. The number of hydrogen-bond acceptors (Lipinski definition) is 3. The van der Waals surface area contributed by atoms with E-state index in [9.17, 15) is 9.59 Å². The number of amides is 2. The molecule has 1 atom stereocenters. The van der Waals surface area contributed by atoms with Gasteiger partial charge in [0, 0.05) is 13.1 Å². The third kappa shape index (κ3) is 3.42. The van der Waals surface area contributed by atoms with E-state index in [0.717, 1.165) is 19.3 Å². The number of nitrogens with zero attached hydrogens (tertiary/aromatic N) is 1. The highest BCUT2D eigenvalue weighted by Gasteiger charge is 2.49. The van der Waals surface area contributed by atoms with Crippen LogP contribution in [0.4, 0.5) is 5.69 Å². The molecule has 0 aromatic heterocycles. The lowest BCUT2D eigenvalue weighted by Gasteiger charge is -2.39. The number of benzene rings is 2. The van der Waals surface area contributed by atoms with E-state index < -0.39 is 11.5 Å². The molecule has 140 valence electrons. The van der Waals surface area contributed by atoms with Crippen molar-refractivity contribution in [2.24, 2.45) is 5.92 Å². The van der Waals surface area contributed by atoms with Crippen molar-refractivity contribution in [3.63, 3.8) is 0 Å². The third-order valence-corrected chi connectivity index (χ3v) is 5.56. The molecule has 2 aromatic rings. The molecule has 4 rings (SSSR count). The summed E-state index contributed by atoms with van der Waals surface area (Å²) in [5, 5.41) is 2.80. The van der Waals surface area contributed by atoms with Gasteiger partial charge in [-0.3, -0.25) is 9.59 Å². The van der Waals surface area contributed by atoms with Gasteiger partial charge in [0.15, 0.2) is 0 Å². The predicted octanol–water partition coefficient (Wildman–Crippen LogP) is 3.26. The summed E-state index contributed by atoms with van der Waals surface area (Å²) in [5.74, 6) is 0.434. The number of fused-ring (bicyclic) bond motifs is 1. The number of hydrogen-bond donors (Lipinski definition) is 1. The molecule has 2 aromatic carbocycles. The highest BCUT2D eigenvalue weighted by Crippen LogP contribution is 2.35. The van der Waals surface area contributed by atoms with E-state index >= 15 is 0 Å². The van der Waals surface area contributed by atoms with E-state index in [1.165, 1.54) is 5.56 Å². The predicted molar refractivity (Wildman–Crippen MR) is 104 cm³/mol. The molecule has 5 heteroatoms. The molecular weight excluding hydrogens is 340 g/mol. The zero-order valence-corrected chi connectivity index (χ0v) is 15.5. The first-order valence-electron chi connectivity index (χ1n) is 9.49. The molecule has 0 radical (unpaired) electrons. The highest BCUT2D eigenvalue weighted by molar-refractivity contribution is 6.15. The highest BCUT2D eigenvalue weighted by atomic mass is 16.5. The Labute approximate surface area is 159 Å². The fraction of sp³-hybridized carbons (Fsp3) is 0.364. The van der Waals surface area contributed by atoms with Gasteiger partial charge in [-0.25, -0.2) is 0 Å². The van der Waals surface area contributed by atoms with Gasteiger partial charge in [0.2, 0.25) is 0 Å². The van der Waals surface area contributed by atoms with Gasteiger partial charge in [0.05, 0.1) is 5.69 Å². The molecule has 27 heavy (non-hydrogen) atoms. The smallest absolute Gasteiger partial charge is 0.278 e. The van der Waals surface area contributed by atoms with Gasteiger partial charge >= 0.3 is 0 Å². The fourth-order valence-corrected chi connectivity index (χ4v) is 3.90. The van der Waals surface area contributed by atoms with Gasteiger partial charge in [-0.1, -0.05) is 42.5 Å². The van der Waals surface area contributed by atoms with Crippen molar-refractivity contribution < 1.29 is 14.3 Å². The minimum absolute atomic E-state index is 0.257. The van der Waals surface area contributed by atoms with Crippen LogP contribution >= 0.6 is 0 Å². The first kappa shape index (κ1) is 17.6. The molecule has 2 heterocycles. The number of ether oxygens (including phenoxy) is 1. The lowest BCUT2D eigenvalue weighted by atomic mass is 9.89.